The average Bonchev–Trinajstić information content (AvgIpc) is 2.79. The molecule has 17 heavy (non-hydrogen) atoms. The van der Waals surface area contributed by atoms with E-state index < -0.39 is 0 Å². The molecule has 0 aromatic carbocycles. The molecule has 2 heterocycles. The van der Waals surface area contributed by atoms with Crippen LogP contribution in [0.5, 0.6) is 0 Å². The van der Waals surface area contributed by atoms with Gasteiger partial charge in [-0.05, 0) is 25.0 Å². The minimum absolute atomic E-state index is 0.825. The highest BCUT2D eigenvalue weighted by Crippen LogP contribution is 2.24. The van der Waals surface area contributed by atoms with E-state index in [0.717, 1.165) is 24.9 Å². The Hall–Kier alpha value is -0.480. The van der Waals surface area contributed by atoms with Crippen molar-refractivity contribution in [3.63, 3.8) is 0 Å². The zero-order valence-electron chi connectivity index (χ0n) is 10.7. The number of aryl methyl sites for hydroxylation is 1. The number of hydrogen-bond acceptors (Lipinski definition) is 3. The van der Waals surface area contributed by atoms with Gasteiger partial charge in [0.15, 0.2) is 0 Å². The highest BCUT2D eigenvalue weighted by molar-refractivity contribution is 7.99. The van der Waals surface area contributed by atoms with Gasteiger partial charge in [-0.15, -0.1) is 0 Å². The fraction of sp³-hybridized carbons (Fsp3) is 0.769. The van der Waals surface area contributed by atoms with Gasteiger partial charge in [0.2, 0.25) is 0 Å². The number of nitrogens with zero attached hydrogens (tertiary/aromatic N) is 2. The number of aromatic nitrogens is 2. The van der Waals surface area contributed by atoms with Crippen molar-refractivity contribution < 1.29 is 0 Å². The maximum atomic E-state index is 4.22. The topological polar surface area (TPSA) is 29.9 Å². The molecule has 1 aliphatic rings. The first-order chi connectivity index (χ1) is 8.40. The third kappa shape index (κ3) is 4.03. The zero-order valence-corrected chi connectivity index (χ0v) is 11.5. The third-order valence-electron chi connectivity index (χ3n) is 3.22. The van der Waals surface area contributed by atoms with Gasteiger partial charge in [-0.25, -0.2) is 4.98 Å². The number of imidazole rings is 1. The quantitative estimate of drug-likeness (QED) is 0.845. The highest BCUT2D eigenvalue weighted by atomic mass is 32.2. The van der Waals surface area contributed by atoms with Crippen molar-refractivity contribution in [1.29, 1.82) is 0 Å². The molecule has 1 aromatic rings. The summed E-state index contributed by atoms with van der Waals surface area (Å²) in [6.07, 6.45) is 9.29. The molecule has 2 rings (SSSR count). The summed E-state index contributed by atoms with van der Waals surface area (Å²) in [5.41, 5.74) is 1.31. The molecule has 1 N–H and O–H groups in total. The SMILES string of the molecule is CCCn1cncc1CNCC1CCCCS1. The molecule has 0 aliphatic carbocycles. The van der Waals surface area contributed by atoms with Crippen molar-refractivity contribution >= 4 is 11.8 Å². The Morgan fingerprint density at radius 1 is 1.53 bits per heavy atom. The van der Waals surface area contributed by atoms with Gasteiger partial charge in [-0.2, -0.15) is 11.8 Å². The van der Waals surface area contributed by atoms with E-state index in [9.17, 15) is 0 Å². The van der Waals surface area contributed by atoms with E-state index in [0.29, 0.717) is 0 Å². The largest absolute Gasteiger partial charge is 0.333 e. The molecule has 1 aromatic heterocycles. The van der Waals surface area contributed by atoms with Crippen LogP contribution < -0.4 is 5.32 Å². The van der Waals surface area contributed by atoms with Crippen LogP contribution in [0.15, 0.2) is 12.5 Å². The van der Waals surface area contributed by atoms with E-state index in [1.54, 1.807) is 0 Å². The van der Waals surface area contributed by atoms with E-state index in [4.69, 9.17) is 0 Å². The summed E-state index contributed by atoms with van der Waals surface area (Å²) in [7, 11) is 0. The lowest BCUT2D eigenvalue weighted by molar-refractivity contribution is 0.570. The molecule has 1 fully saturated rings. The molecule has 0 radical (unpaired) electrons. The molecular weight excluding hydrogens is 230 g/mol. The van der Waals surface area contributed by atoms with Crippen LogP contribution >= 0.6 is 11.8 Å². The van der Waals surface area contributed by atoms with Crippen molar-refractivity contribution in [2.45, 2.75) is 50.9 Å². The van der Waals surface area contributed by atoms with E-state index in [2.05, 4.69) is 33.6 Å². The Kier molecular flexibility index (Phi) is 5.39. The van der Waals surface area contributed by atoms with Crippen LogP contribution in [0.1, 0.15) is 38.3 Å². The summed E-state index contributed by atoms with van der Waals surface area (Å²) in [5, 5.41) is 4.40. The lowest BCUT2D eigenvalue weighted by Gasteiger charge is -2.21. The Labute approximate surface area is 108 Å². The predicted molar refractivity (Wildman–Crippen MR) is 74.3 cm³/mol. The maximum absolute atomic E-state index is 4.22. The van der Waals surface area contributed by atoms with E-state index in [1.807, 2.05) is 12.5 Å². The van der Waals surface area contributed by atoms with Crippen LogP contribution in [0.4, 0.5) is 0 Å². The summed E-state index contributed by atoms with van der Waals surface area (Å²) in [6, 6.07) is 0. The van der Waals surface area contributed by atoms with Gasteiger partial charge in [0.25, 0.3) is 0 Å². The molecule has 0 spiro atoms. The van der Waals surface area contributed by atoms with Crippen molar-refractivity contribution in [2.24, 2.45) is 0 Å². The molecule has 1 unspecified atom stereocenters. The zero-order chi connectivity index (χ0) is 11.9. The molecule has 3 nitrogen and oxygen atoms in total. The normalized spacial score (nSPS) is 20.6. The molecule has 0 amide bonds. The third-order valence-corrected chi connectivity index (χ3v) is 4.61. The van der Waals surface area contributed by atoms with Crippen LogP contribution in [0.2, 0.25) is 0 Å². The first-order valence-electron chi connectivity index (χ1n) is 6.71. The molecular formula is C13H23N3S. The lowest BCUT2D eigenvalue weighted by Crippen LogP contribution is -2.27. The molecule has 96 valence electrons. The van der Waals surface area contributed by atoms with Crippen molar-refractivity contribution in [2.75, 3.05) is 12.3 Å². The van der Waals surface area contributed by atoms with E-state index in [1.165, 1.54) is 37.1 Å². The average molecular weight is 253 g/mol. The summed E-state index contributed by atoms with van der Waals surface area (Å²) in [5.74, 6) is 1.35. The molecule has 4 heteroatoms. The van der Waals surface area contributed by atoms with Gasteiger partial charge in [0.1, 0.15) is 0 Å². The van der Waals surface area contributed by atoms with E-state index in [-0.39, 0.29) is 0 Å². The lowest BCUT2D eigenvalue weighted by atomic mass is 10.2. The Morgan fingerprint density at radius 3 is 3.24 bits per heavy atom. The summed E-state index contributed by atoms with van der Waals surface area (Å²) < 4.78 is 2.25. The fourth-order valence-electron chi connectivity index (χ4n) is 2.27. The number of rotatable bonds is 6. The first kappa shape index (κ1) is 13.0. The monoisotopic (exact) mass is 253 g/mol. The highest BCUT2D eigenvalue weighted by Gasteiger charge is 2.13. The summed E-state index contributed by atoms with van der Waals surface area (Å²) in [4.78, 5) is 4.22. The smallest absolute Gasteiger partial charge is 0.0948 e. The maximum Gasteiger partial charge on any atom is 0.0948 e. The van der Waals surface area contributed by atoms with Crippen molar-refractivity contribution in [3.8, 4) is 0 Å². The van der Waals surface area contributed by atoms with Crippen LogP contribution in [-0.4, -0.2) is 27.1 Å². The fourth-order valence-corrected chi connectivity index (χ4v) is 3.54. The van der Waals surface area contributed by atoms with Crippen LogP contribution in [0, 0.1) is 0 Å². The molecule has 0 saturated carbocycles. The van der Waals surface area contributed by atoms with Gasteiger partial charge in [-0.1, -0.05) is 13.3 Å². The first-order valence-corrected chi connectivity index (χ1v) is 7.76. The Balaban J connectivity index is 1.71. The number of nitrogens with one attached hydrogen (secondary N) is 1. The molecule has 0 bridgehead atoms. The predicted octanol–water partition coefficient (Wildman–Crippen LogP) is 2.67. The summed E-state index contributed by atoms with van der Waals surface area (Å²) >= 11 is 2.13. The molecule has 1 aliphatic heterocycles. The van der Waals surface area contributed by atoms with Gasteiger partial charge in [0.05, 0.1) is 12.0 Å². The van der Waals surface area contributed by atoms with Gasteiger partial charge in [0, 0.05) is 31.1 Å². The van der Waals surface area contributed by atoms with Crippen molar-refractivity contribution in [3.05, 3.63) is 18.2 Å². The van der Waals surface area contributed by atoms with Crippen LogP contribution in [0.25, 0.3) is 0 Å². The van der Waals surface area contributed by atoms with Gasteiger partial charge in [-0.3, -0.25) is 0 Å². The Morgan fingerprint density at radius 2 is 2.47 bits per heavy atom. The second-order valence-corrected chi connectivity index (χ2v) is 6.11. The molecule has 1 saturated heterocycles. The van der Waals surface area contributed by atoms with Gasteiger partial charge >= 0.3 is 0 Å². The second-order valence-electron chi connectivity index (χ2n) is 4.70. The second kappa shape index (κ2) is 7.07. The van der Waals surface area contributed by atoms with Crippen LogP contribution in [-0.2, 0) is 13.1 Å². The Bertz CT molecular complexity index is 318. The van der Waals surface area contributed by atoms with Crippen molar-refractivity contribution in [1.82, 2.24) is 14.9 Å². The summed E-state index contributed by atoms with van der Waals surface area (Å²) in [6.45, 7) is 5.38. The molecule has 1 atom stereocenters. The number of thioether (sulfide) groups is 1. The number of hydrogen-bond donors (Lipinski definition) is 1. The van der Waals surface area contributed by atoms with E-state index >= 15 is 0 Å². The minimum atomic E-state index is 0.825. The minimum Gasteiger partial charge on any atom is -0.333 e. The van der Waals surface area contributed by atoms with Crippen LogP contribution in [0.3, 0.4) is 0 Å². The standard InChI is InChI=1S/C13H23N3S/c1-2-6-16-11-15-9-12(16)8-14-10-13-5-3-4-7-17-13/h9,11,13-14H,2-8,10H2,1H3. The van der Waals surface area contributed by atoms with Gasteiger partial charge < -0.3 is 9.88 Å².